The molecule has 3 aromatic rings. The summed E-state index contributed by atoms with van der Waals surface area (Å²) in [4.78, 5) is 20.5. The number of nitrogens with two attached hydrogens (primary N) is 1. The number of hydrogen-bond acceptors (Lipinski definition) is 5. The Bertz CT molecular complexity index is 792. The molecule has 1 heterocycles. The molecular weight excluding hydrogens is 290 g/mol. The van der Waals surface area contributed by atoms with Crippen molar-refractivity contribution >= 4 is 23.4 Å². The molecule has 6 heteroatoms. The minimum Gasteiger partial charge on any atom is -0.290 e. The van der Waals surface area contributed by atoms with E-state index < -0.39 is 0 Å². The zero-order chi connectivity index (χ0) is 16.1. The quantitative estimate of drug-likeness (QED) is 0.572. The Morgan fingerprint density at radius 2 is 1.61 bits per heavy atom. The van der Waals surface area contributed by atoms with Crippen LogP contribution >= 0.6 is 0 Å². The fourth-order valence-electron chi connectivity index (χ4n) is 2.03. The highest BCUT2D eigenvalue weighted by molar-refractivity contribution is 6.03. The molecule has 2 aromatic carbocycles. The SMILES string of the molecule is NN(c1ccccc1)c1ccnc(NC(=O)c2ccccc2)n1. The van der Waals surface area contributed by atoms with Crippen molar-refractivity contribution in [1.82, 2.24) is 9.97 Å². The molecule has 3 N–H and O–H groups in total. The standard InChI is InChI=1S/C17H15N5O/c18-22(14-9-5-2-6-10-14)15-11-12-19-17(20-15)21-16(23)13-7-3-1-4-8-13/h1-12H,18H2,(H,19,20,21,23). The van der Waals surface area contributed by atoms with Crippen LogP contribution in [-0.4, -0.2) is 15.9 Å². The van der Waals surface area contributed by atoms with E-state index in [1.54, 1.807) is 36.5 Å². The number of carbonyl (C=O) groups is 1. The van der Waals surface area contributed by atoms with Gasteiger partial charge in [0.05, 0.1) is 5.69 Å². The first-order valence-corrected chi connectivity index (χ1v) is 7.03. The molecular formula is C17H15N5O. The van der Waals surface area contributed by atoms with Crippen LogP contribution in [0.4, 0.5) is 17.5 Å². The predicted octanol–water partition coefficient (Wildman–Crippen LogP) is 2.74. The number of aromatic nitrogens is 2. The number of rotatable bonds is 4. The van der Waals surface area contributed by atoms with Gasteiger partial charge >= 0.3 is 0 Å². The van der Waals surface area contributed by atoms with E-state index in [-0.39, 0.29) is 11.9 Å². The lowest BCUT2D eigenvalue weighted by atomic mass is 10.2. The van der Waals surface area contributed by atoms with Gasteiger partial charge in [-0.25, -0.2) is 10.8 Å². The van der Waals surface area contributed by atoms with Crippen molar-refractivity contribution in [2.45, 2.75) is 0 Å². The number of amides is 1. The molecule has 0 aliphatic heterocycles. The second-order valence-corrected chi connectivity index (χ2v) is 4.76. The Morgan fingerprint density at radius 1 is 0.957 bits per heavy atom. The van der Waals surface area contributed by atoms with Crippen LogP contribution in [0.1, 0.15) is 10.4 Å². The van der Waals surface area contributed by atoms with E-state index in [9.17, 15) is 4.79 Å². The van der Waals surface area contributed by atoms with Crippen molar-refractivity contribution in [3.63, 3.8) is 0 Å². The van der Waals surface area contributed by atoms with E-state index in [4.69, 9.17) is 5.84 Å². The summed E-state index contributed by atoms with van der Waals surface area (Å²) in [6.45, 7) is 0. The summed E-state index contributed by atoms with van der Waals surface area (Å²) < 4.78 is 0. The zero-order valence-corrected chi connectivity index (χ0v) is 12.3. The molecule has 0 unspecified atom stereocenters. The average Bonchev–Trinajstić information content (AvgIpc) is 2.63. The van der Waals surface area contributed by atoms with Crippen LogP contribution in [0.25, 0.3) is 0 Å². The van der Waals surface area contributed by atoms with Crippen LogP contribution in [0.3, 0.4) is 0 Å². The molecule has 23 heavy (non-hydrogen) atoms. The lowest BCUT2D eigenvalue weighted by molar-refractivity contribution is 0.102. The van der Waals surface area contributed by atoms with Crippen molar-refractivity contribution in [1.29, 1.82) is 0 Å². The molecule has 0 aliphatic carbocycles. The highest BCUT2D eigenvalue weighted by atomic mass is 16.1. The number of anilines is 3. The first-order valence-electron chi connectivity index (χ1n) is 7.03. The number of para-hydroxylation sites is 1. The molecule has 114 valence electrons. The van der Waals surface area contributed by atoms with Gasteiger partial charge in [0, 0.05) is 17.8 Å². The van der Waals surface area contributed by atoms with Gasteiger partial charge in [-0.2, -0.15) is 4.98 Å². The minimum absolute atomic E-state index is 0.197. The van der Waals surface area contributed by atoms with Crippen LogP contribution in [0.5, 0.6) is 0 Å². The Balaban J connectivity index is 1.79. The summed E-state index contributed by atoms with van der Waals surface area (Å²) in [5, 5.41) is 4.09. The Morgan fingerprint density at radius 3 is 2.30 bits per heavy atom. The highest BCUT2D eigenvalue weighted by Crippen LogP contribution is 2.19. The Labute approximate surface area is 133 Å². The normalized spacial score (nSPS) is 10.1. The number of hydrazine groups is 1. The molecule has 1 aromatic heterocycles. The Kier molecular flexibility index (Phi) is 4.26. The first-order chi connectivity index (χ1) is 11.2. The molecule has 6 nitrogen and oxygen atoms in total. The van der Waals surface area contributed by atoms with Gasteiger partial charge in [-0.05, 0) is 24.3 Å². The molecule has 3 rings (SSSR count). The summed E-state index contributed by atoms with van der Waals surface area (Å²) in [6.07, 6.45) is 1.55. The van der Waals surface area contributed by atoms with Crippen molar-refractivity contribution in [3.8, 4) is 0 Å². The third-order valence-electron chi connectivity index (χ3n) is 3.18. The summed E-state index contributed by atoms with van der Waals surface area (Å²) in [5.41, 5.74) is 1.32. The molecule has 0 saturated carbocycles. The topological polar surface area (TPSA) is 84.1 Å². The van der Waals surface area contributed by atoms with Crippen LogP contribution in [0.2, 0.25) is 0 Å². The number of carbonyl (C=O) groups excluding carboxylic acids is 1. The molecule has 0 aliphatic rings. The minimum atomic E-state index is -0.272. The smallest absolute Gasteiger partial charge is 0.258 e. The van der Waals surface area contributed by atoms with E-state index in [0.717, 1.165) is 5.69 Å². The Hall–Kier alpha value is -3.25. The summed E-state index contributed by atoms with van der Waals surface area (Å²) in [6, 6.07) is 20.0. The van der Waals surface area contributed by atoms with E-state index in [2.05, 4.69) is 15.3 Å². The van der Waals surface area contributed by atoms with Gasteiger partial charge in [0.2, 0.25) is 5.95 Å². The zero-order valence-electron chi connectivity index (χ0n) is 12.3. The first kappa shape index (κ1) is 14.7. The van der Waals surface area contributed by atoms with Crippen LogP contribution in [0.15, 0.2) is 72.9 Å². The number of nitrogens with zero attached hydrogens (tertiary/aromatic N) is 3. The van der Waals surface area contributed by atoms with Crippen LogP contribution in [-0.2, 0) is 0 Å². The fraction of sp³-hybridized carbons (Fsp3) is 0. The van der Waals surface area contributed by atoms with Gasteiger partial charge in [-0.1, -0.05) is 36.4 Å². The van der Waals surface area contributed by atoms with Gasteiger partial charge in [-0.3, -0.25) is 15.1 Å². The fourth-order valence-corrected chi connectivity index (χ4v) is 2.03. The molecule has 0 saturated heterocycles. The maximum atomic E-state index is 12.1. The van der Waals surface area contributed by atoms with Crippen molar-refractivity contribution in [3.05, 3.63) is 78.5 Å². The van der Waals surface area contributed by atoms with E-state index >= 15 is 0 Å². The van der Waals surface area contributed by atoms with Gasteiger partial charge in [-0.15, -0.1) is 0 Å². The monoisotopic (exact) mass is 305 g/mol. The number of benzene rings is 2. The lowest BCUT2D eigenvalue weighted by Crippen LogP contribution is -2.26. The molecule has 0 bridgehead atoms. The van der Waals surface area contributed by atoms with Crippen molar-refractivity contribution in [2.75, 3.05) is 10.3 Å². The van der Waals surface area contributed by atoms with Gasteiger partial charge in [0.25, 0.3) is 5.91 Å². The maximum Gasteiger partial charge on any atom is 0.258 e. The summed E-state index contributed by atoms with van der Waals surface area (Å²) in [5.74, 6) is 6.46. The predicted molar refractivity (Wildman–Crippen MR) is 89.2 cm³/mol. The van der Waals surface area contributed by atoms with Crippen molar-refractivity contribution in [2.24, 2.45) is 5.84 Å². The molecule has 0 fully saturated rings. The maximum absolute atomic E-state index is 12.1. The third-order valence-corrected chi connectivity index (χ3v) is 3.18. The summed E-state index contributed by atoms with van der Waals surface area (Å²) in [7, 11) is 0. The van der Waals surface area contributed by atoms with Crippen LogP contribution in [0, 0.1) is 0 Å². The third kappa shape index (κ3) is 3.50. The summed E-state index contributed by atoms with van der Waals surface area (Å²) >= 11 is 0. The van der Waals surface area contributed by atoms with E-state index in [0.29, 0.717) is 11.4 Å². The lowest BCUT2D eigenvalue weighted by Gasteiger charge is -2.17. The number of hydrogen-bond donors (Lipinski definition) is 2. The van der Waals surface area contributed by atoms with E-state index in [1.807, 2.05) is 36.4 Å². The molecule has 0 atom stereocenters. The second-order valence-electron chi connectivity index (χ2n) is 4.76. The molecule has 0 radical (unpaired) electrons. The average molecular weight is 305 g/mol. The largest absolute Gasteiger partial charge is 0.290 e. The second kappa shape index (κ2) is 6.67. The van der Waals surface area contributed by atoms with Crippen LogP contribution < -0.4 is 16.2 Å². The van der Waals surface area contributed by atoms with Gasteiger partial charge in [0.1, 0.15) is 0 Å². The molecule has 1 amide bonds. The highest BCUT2D eigenvalue weighted by Gasteiger charge is 2.10. The van der Waals surface area contributed by atoms with Gasteiger partial charge in [0.15, 0.2) is 5.82 Å². The molecule has 0 spiro atoms. The van der Waals surface area contributed by atoms with Gasteiger partial charge < -0.3 is 0 Å². The number of nitrogens with one attached hydrogen (secondary N) is 1. The van der Waals surface area contributed by atoms with Crippen molar-refractivity contribution < 1.29 is 4.79 Å². The van der Waals surface area contributed by atoms with E-state index in [1.165, 1.54) is 5.01 Å².